The van der Waals surface area contributed by atoms with Crippen LogP contribution in [0.2, 0.25) is 0 Å². The van der Waals surface area contributed by atoms with E-state index in [4.69, 9.17) is 14.9 Å². The van der Waals surface area contributed by atoms with E-state index in [2.05, 4.69) is 16.6 Å². The molecule has 27 heavy (non-hydrogen) atoms. The fourth-order valence-electron chi connectivity index (χ4n) is 1.93. The van der Waals surface area contributed by atoms with Gasteiger partial charge in [0.25, 0.3) is 0 Å². The summed E-state index contributed by atoms with van der Waals surface area (Å²) < 4.78 is 23.6. The Morgan fingerprint density at radius 2 is 2.04 bits per heavy atom. The van der Waals surface area contributed by atoms with E-state index in [-0.39, 0.29) is 29.6 Å². The summed E-state index contributed by atoms with van der Waals surface area (Å²) in [7, 11) is 0. The molecule has 2 aromatic rings. The lowest BCUT2D eigenvalue weighted by molar-refractivity contribution is -0.138. The van der Waals surface area contributed by atoms with E-state index < -0.39 is 11.8 Å². The monoisotopic (exact) mass is 367 g/mol. The van der Waals surface area contributed by atoms with E-state index in [0.717, 1.165) is 6.20 Å². The van der Waals surface area contributed by atoms with Gasteiger partial charge in [-0.2, -0.15) is 4.99 Å². The Bertz CT molecular complexity index is 875. The third-order valence-corrected chi connectivity index (χ3v) is 3.17. The number of ether oxygens (including phenoxy) is 2. The van der Waals surface area contributed by atoms with Crippen molar-refractivity contribution in [2.24, 2.45) is 4.99 Å². The van der Waals surface area contributed by atoms with Crippen LogP contribution in [0.5, 0.6) is 5.75 Å². The van der Waals surface area contributed by atoms with Crippen molar-refractivity contribution in [3.05, 3.63) is 84.5 Å². The van der Waals surface area contributed by atoms with Crippen LogP contribution in [0, 0.1) is 11.2 Å². The molecule has 0 unspecified atom stereocenters. The van der Waals surface area contributed by atoms with E-state index in [1.807, 2.05) is 6.07 Å². The standard InChI is InChI=1S/C20H18FN3O3/c1-3-14(20(25)26-4-2)12-18(27-16-8-6-5-7-9-16)24-19(22)17-11-10-15(21)13-23-17/h3,5-13,22H,1,4H2,2H3/b14-12-,22-19?,24-18?. The summed E-state index contributed by atoms with van der Waals surface area (Å²) in [5.41, 5.74) is 0.265. The summed E-state index contributed by atoms with van der Waals surface area (Å²) in [5, 5.41) is 8.06. The Hall–Kier alpha value is -3.61. The molecule has 1 aromatic carbocycles. The third-order valence-electron chi connectivity index (χ3n) is 3.17. The Labute approximate surface area is 156 Å². The van der Waals surface area contributed by atoms with Crippen molar-refractivity contribution in [3.8, 4) is 5.75 Å². The number of halogens is 1. The number of hydrogen-bond acceptors (Lipinski definition) is 5. The highest BCUT2D eigenvalue weighted by Crippen LogP contribution is 2.12. The second-order valence-electron chi connectivity index (χ2n) is 5.10. The van der Waals surface area contributed by atoms with Crippen molar-refractivity contribution in [2.75, 3.05) is 6.61 Å². The van der Waals surface area contributed by atoms with Gasteiger partial charge >= 0.3 is 5.97 Å². The van der Waals surface area contributed by atoms with Crippen LogP contribution in [-0.2, 0) is 9.53 Å². The van der Waals surface area contributed by atoms with Gasteiger partial charge < -0.3 is 9.47 Å². The molecule has 1 aromatic heterocycles. The Balaban J connectivity index is 2.38. The Kier molecular flexibility index (Phi) is 7.13. The predicted octanol–water partition coefficient (Wildman–Crippen LogP) is 3.70. The zero-order valence-corrected chi connectivity index (χ0v) is 14.7. The number of para-hydroxylation sites is 1. The molecule has 6 nitrogen and oxygen atoms in total. The molecule has 1 heterocycles. The summed E-state index contributed by atoms with van der Waals surface area (Å²) in [6.45, 7) is 5.47. The highest BCUT2D eigenvalue weighted by molar-refractivity contribution is 6.08. The van der Waals surface area contributed by atoms with Gasteiger partial charge in [-0.25, -0.2) is 14.2 Å². The van der Waals surface area contributed by atoms with Crippen LogP contribution in [0.3, 0.4) is 0 Å². The van der Waals surface area contributed by atoms with Gasteiger partial charge in [0.05, 0.1) is 18.4 Å². The van der Waals surface area contributed by atoms with Gasteiger partial charge in [-0.3, -0.25) is 5.41 Å². The predicted molar refractivity (Wildman–Crippen MR) is 100 cm³/mol. The fourth-order valence-corrected chi connectivity index (χ4v) is 1.93. The maximum Gasteiger partial charge on any atom is 0.338 e. The molecule has 0 bridgehead atoms. The van der Waals surface area contributed by atoms with Crippen LogP contribution in [-0.4, -0.2) is 29.3 Å². The SMILES string of the molecule is C=C/C(=C/C(=NC(=N)c1ccc(F)cn1)Oc1ccccc1)C(=O)OCC. The van der Waals surface area contributed by atoms with Crippen LogP contribution in [0.1, 0.15) is 12.6 Å². The minimum absolute atomic E-state index is 0.0414. The molecular formula is C20H18FN3O3. The normalized spacial score (nSPS) is 11.6. The first-order valence-electron chi connectivity index (χ1n) is 8.06. The maximum absolute atomic E-state index is 13.0. The number of aromatic nitrogens is 1. The molecule has 0 atom stereocenters. The van der Waals surface area contributed by atoms with Crippen molar-refractivity contribution < 1.29 is 18.7 Å². The molecule has 0 radical (unpaired) electrons. The lowest BCUT2D eigenvalue weighted by Gasteiger charge is -2.08. The number of aliphatic imine (C=N–C) groups is 1. The van der Waals surface area contributed by atoms with E-state index >= 15 is 0 Å². The molecule has 138 valence electrons. The van der Waals surface area contributed by atoms with E-state index in [1.165, 1.54) is 24.3 Å². The number of carbonyl (C=O) groups excluding carboxylic acids is 1. The third kappa shape index (κ3) is 6.00. The first kappa shape index (κ1) is 19.7. The molecule has 0 aliphatic rings. The minimum atomic E-state index is -0.594. The highest BCUT2D eigenvalue weighted by atomic mass is 19.1. The summed E-state index contributed by atoms with van der Waals surface area (Å²) >= 11 is 0. The van der Waals surface area contributed by atoms with Crippen molar-refractivity contribution in [1.29, 1.82) is 5.41 Å². The van der Waals surface area contributed by atoms with Crippen LogP contribution >= 0.6 is 0 Å². The van der Waals surface area contributed by atoms with Crippen molar-refractivity contribution in [3.63, 3.8) is 0 Å². The van der Waals surface area contributed by atoms with Gasteiger partial charge in [-0.15, -0.1) is 0 Å². The van der Waals surface area contributed by atoms with Gasteiger partial charge in [0.15, 0.2) is 5.84 Å². The smallest absolute Gasteiger partial charge is 0.338 e. The lowest BCUT2D eigenvalue weighted by Crippen LogP contribution is -2.14. The number of carbonyl (C=O) groups is 1. The van der Waals surface area contributed by atoms with Crippen LogP contribution in [0.25, 0.3) is 0 Å². The summed E-state index contributed by atoms with van der Waals surface area (Å²) in [6, 6.07) is 11.2. The molecule has 0 saturated heterocycles. The van der Waals surface area contributed by atoms with E-state index in [9.17, 15) is 9.18 Å². The van der Waals surface area contributed by atoms with Crippen molar-refractivity contribution in [2.45, 2.75) is 6.92 Å². The Morgan fingerprint density at radius 1 is 1.30 bits per heavy atom. The summed E-state index contributed by atoms with van der Waals surface area (Å²) in [4.78, 5) is 19.8. The molecular weight excluding hydrogens is 349 g/mol. The largest absolute Gasteiger partial charge is 0.462 e. The number of amidine groups is 1. The second kappa shape index (κ2) is 9.76. The van der Waals surface area contributed by atoms with Crippen molar-refractivity contribution >= 4 is 17.7 Å². The molecule has 2 rings (SSSR count). The zero-order valence-electron chi connectivity index (χ0n) is 14.7. The number of hydrogen-bond donors (Lipinski definition) is 1. The number of nitrogens with zero attached hydrogens (tertiary/aromatic N) is 2. The summed E-state index contributed by atoms with van der Waals surface area (Å²) in [5.74, 6) is -0.958. The van der Waals surface area contributed by atoms with E-state index in [0.29, 0.717) is 5.75 Å². The average molecular weight is 367 g/mol. The highest BCUT2D eigenvalue weighted by Gasteiger charge is 2.12. The van der Waals surface area contributed by atoms with Gasteiger partial charge in [0.1, 0.15) is 17.3 Å². The molecule has 1 N–H and O–H groups in total. The molecule has 7 heteroatoms. The lowest BCUT2D eigenvalue weighted by atomic mass is 10.2. The van der Waals surface area contributed by atoms with Crippen LogP contribution in [0.4, 0.5) is 4.39 Å². The van der Waals surface area contributed by atoms with Gasteiger partial charge in [-0.1, -0.05) is 30.9 Å². The first-order valence-corrected chi connectivity index (χ1v) is 8.06. The molecule has 0 spiro atoms. The number of nitrogens with one attached hydrogen (secondary N) is 1. The van der Waals surface area contributed by atoms with Gasteiger partial charge in [-0.05, 0) is 31.2 Å². The molecule has 0 amide bonds. The zero-order chi connectivity index (χ0) is 19.6. The maximum atomic E-state index is 13.0. The van der Waals surface area contributed by atoms with Crippen LogP contribution in [0.15, 0.2) is 78.0 Å². The topological polar surface area (TPSA) is 84.6 Å². The molecule has 0 aliphatic carbocycles. The molecule has 0 saturated carbocycles. The second-order valence-corrected chi connectivity index (χ2v) is 5.10. The van der Waals surface area contributed by atoms with E-state index in [1.54, 1.807) is 31.2 Å². The Morgan fingerprint density at radius 3 is 2.63 bits per heavy atom. The number of rotatable bonds is 6. The average Bonchev–Trinajstić information content (AvgIpc) is 2.67. The minimum Gasteiger partial charge on any atom is -0.462 e. The molecule has 0 aliphatic heterocycles. The number of pyridine rings is 1. The number of esters is 1. The molecule has 0 fully saturated rings. The number of benzene rings is 1. The van der Waals surface area contributed by atoms with Crippen molar-refractivity contribution in [1.82, 2.24) is 4.98 Å². The summed E-state index contributed by atoms with van der Waals surface area (Å²) in [6.07, 6.45) is 3.61. The van der Waals surface area contributed by atoms with Crippen LogP contribution < -0.4 is 4.74 Å². The van der Waals surface area contributed by atoms with Gasteiger partial charge in [0, 0.05) is 6.08 Å². The first-order chi connectivity index (χ1) is 13.0. The quantitative estimate of drug-likeness (QED) is 0.277. The van der Waals surface area contributed by atoms with Gasteiger partial charge in [0.2, 0.25) is 5.90 Å². The fraction of sp³-hybridized carbons (Fsp3) is 0.100.